The van der Waals surface area contributed by atoms with Gasteiger partial charge in [-0.05, 0) is 49.5 Å². The topological polar surface area (TPSA) is 32.7 Å². The number of fused-ring (bicyclic) bond motifs is 1. The number of ether oxygens (including phenoxy) is 1. The van der Waals surface area contributed by atoms with Gasteiger partial charge >= 0.3 is 0 Å². The van der Waals surface area contributed by atoms with Crippen LogP contribution < -0.4 is 4.74 Å². The highest BCUT2D eigenvalue weighted by Crippen LogP contribution is 2.36. The molecule has 1 aromatic carbocycles. The van der Waals surface area contributed by atoms with Gasteiger partial charge in [-0.25, -0.2) is 0 Å². The minimum absolute atomic E-state index is 0.0693. The molecule has 0 amide bonds. The Hall–Kier alpha value is -1.06. The molecule has 2 atom stereocenters. The molecule has 0 saturated heterocycles. The Kier molecular flexibility index (Phi) is 5.65. The number of hydrogen-bond donors (Lipinski definition) is 1. The molecule has 1 aliphatic heterocycles. The monoisotopic (exact) mass is 291 g/mol. The zero-order valence-corrected chi connectivity index (χ0v) is 13.8. The van der Waals surface area contributed by atoms with E-state index in [0.717, 1.165) is 37.2 Å². The Bertz CT molecular complexity index is 453. The van der Waals surface area contributed by atoms with Crippen molar-refractivity contribution < 1.29 is 9.84 Å². The van der Waals surface area contributed by atoms with Crippen LogP contribution in [0.4, 0.5) is 0 Å². The number of hydrogen-bond acceptors (Lipinski definition) is 3. The first-order valence-corrected chi connectivity index (χ1v) is 8.27. The fourth-order valence-electron chi connectivity index (χ4n) is 3.09. The fraction of sp³-hybridized carbons (Fsp3) is 0.667. The van der Waals surface area contributed by atoms with Gasteiger partial charge in [0.2, 0.25) is 0 Å². The molecule has 1 N–H and O–H groups in total. The second kappa shape index (κ2) is 7.28. The Morgan fingerprint density at radius 2 is 1.90 bits per heavy atom. The van der Waals surface area contributed by atoms with Gasteiger partial charge in [0, 0.05) is 5.56 Å². The molecule has 21 heavy (non-hydrogen) atoms. The van der Waals surface area contributed by atoms with E-state index in [9.17, 15) is 5.11 Å². The first-order chi connectivity index (χ1) is 10.1. The van der Waals surface area contributed by atoms with E-state index in [0.29, 0.717) is 12.5 Å². The van der Waals surface area contributed by atoms with E-state index >= 15 is 0 Å². The summed E-state index contributed by atoms with van der Waals surface area (Å²) in [5.41, 5.74) is 2.21. The van der Waals surface area contributed by atoms with Gasteiger partial charge in [0.15, 0.2) is 0 Å². The van der Waals surface area contributed by atoms with Gasteiger partial charge in [0.1, 0.15) is 18.5 Å². The second-order valence-electron chi connectivity index (χ2n) is 6.31. The Morgan fingerprint density at radius 3 is 2.48 bits per heavy atom. The van der Waals surface area contributed by atoms with Crippen molar-refractivity contribution >= 4 is 0 Å². The standard InChI is InChI=1S/C18H29NO2/c1-5-9-19(10-6-2)16-12-21-17-8-7-14(13(3)4)11-15(17)18(16)20/h7-8,11,13,16,18,20H,5-6,9-10,12H2,1-4H3. The lowest BCUT2D eigenvalue weighted by molar-refractivity contribution is 0.00324. The van der Waals surface area contributed by atoms with Gasteiger partial charge in [-0.1, -0.05) is 33.8 Å². The van der Waals surface area contributed by atoms with Gasteiger partial charge in [0.05, 0.1) is 6.04 Å². The largest absolute Gasteiger partial charge is 0.491 e. The number of nitrogens with zero attached hydrogens (tertiary/aromatic N) is 1. The van der Waals surface area contributed by atoms with E-state index in [4.69, 9.17) is 4.74 Å². The van der Waals surface area contributed by atoms with Crippen molar-refractivity contribution in [2.24, 2.45) is 0 Å². The van der Waals surface area contributed by atoms with Crippen molar-refractivity contribution in [3.63, 3.8) is 0 Å². The maximum atomic E-state index is 10.8. The molecular weight excluding hydrogens is 262 g/mol. The summed E-state index contributed by atoms with van der Waals surface area (Å²) in [7, 11) is 0. The normalized spacial score (nSPS) is 21.5. The van der Waals surface area contributed by atoms with E-state index < -0.39 is 6.10 Å². The first-order valence-electron chi connectivity index (χ1n) is 8.27. The highest BCUT2D eigenvalue weighted by Gasteiger charge is 2.33. The second-order valence-corrected chi connectivity index (χ2v) is 6.31. The van der Waals surface area contributed by atoms with Crippen LogP contribution in [-0.4, -0.2) is 35.7 Å². The van der Waals surface area contributed by atoms with Gasteiger partial charge in [0.25, 0.3) is 0 Å². The zero-order valence-electron chi connectivity index (χ0n) is 13.8. The molecular formula is C18H29NO2. The van der Waals surface area contributed by atoms with Crippen LogP contribution >= 0.6 is 0 Å². The number of rotatable bonds is 6. The van der Waals surface area contributed by atoms with Crippen LogP contribution in [0.15, 0.2) is 18.2 Å². The number of aliphatic hydroxyl groups excluding tert-OH is 1. The molecule has 0 fully saturated rings. The molecule has 0 saturated carbocycles. The summed E-state index contributed by atoms with van der Waals surface area (Å²) in [6.07, 6.45) is 1.75. The summed E-state index contributed by atoms with van der Waals surface area (Å²) in [6, 6.07) is 6.30. The van der Waals surface area contributed by atoms with Crippen molar-refractivity contribution in [1.29, 1.82) is 0 Å². The Labute approximate surface area is 128 Å². The molecule has 1 aliphatic rings. The summed E-state index contributed by atoms with van der Waals surface area (Å²) in [6.45, 7) is 11.3. The third-order valence-electron chi connectivity index (χ3n) is 4.28. The molecule has 0 aromatic heterocycles. The van der Waals surface area contributed by atoms with Gasteiger partial charge in [-0.3, -0.25) is 4.90 Å². The molecule has 1 aromatic rings. The molecule has 0 aliphatic carbocycles. The minimum Gasteiger partial charge on any atom is -0.491 e. The smallest absolute Gasteiger partial charge is 0.125 e. The first kappa shape index (κ1) is 16.3. The van der Waals surface area contributed by atoms with Crippen LogP contribution in [0.1, 0.15) is 63.7 Å². The lowest BCUT2D eigenvalue weighted by atomic mass is 9.93. The van der Waals surface area contributed by atoms with E-state index in [1.54, 1.807) is 0 Å². The molecule has 0 bridgehead atoms. The lowest BCUT2D eigenvalue weighted by Crippen LogP contribution is -2.46. The van der Waals surface area contributed by atoms with Crippen LogP contribution in [0.3, 0.4) is 0 Å². The predicted octanol–water partition coefficient (Wildman–Crippen LogP) is 3.73. The highest BCUT2D eigenvalue weighted by atomic mass is 16.5. The fourth-order valence-corrected chi connectivity index (χ4v) is 3.09. The van der Waals surface area contributed by atoms with Crippen molar-refractivity contribution in [3.8, 4) is 5.75 Å². The molecule has 118 valence electrons. The quantitative estimate of drug-likeness (QED) is 0.867. The molecule has 0 radical (unpaired) electrons. The van der Waals surface area contributed by atoms with Gasteiger partial charge in [-0.15, -0.1) is 0 Å². The third kappa shape index (κ3) is 3.58. The average Bonchev–Trinajstić information content (AvgIpc) is 2.47. The maximum Gasteiger partial charge on any atom is 0.125 e. The Balaban J connectivity index is 2.25. The van der Waals surface area contributed by atoms with Gasteiger partial charge < -0.3 is 9.84 Å². The molecule has 2 unspecified atom stereocenters. The lowest BCUT2D eigenvalue weighted by Gasteiger charge is -2.38. The van der Waals surface area contributed by atoms with E-state index in [1.807, 2.05) is 6.07 Å². The SMILES string of the molecule is CCCN(CCC)C1COc2ccc(C(C)C)cc2C1O. The molecule has 1 heterocycles. The van der Waals surface area contributed by atoms with Crippen LogP contribution in [0, 0.1) is 0 Å². The van der Waals surface area contributed by atoms with Crippen molar-refractivity contribution in [1.82, 2.24) is 4.90 Å². The van der Waals surface area contributed by atoms with Crippen LogP contribution in [0.25, 0.3) is 0 Å². The van der Waals surface area contributed by atoms with E-state index in [2.05, 4.69) is 44.7 Å². The summed E-state index contributed by atoms with van der Waals surface area (Å²) in [5.74, 6) is 1.31. The average molecular weight is 291 g/mol. The van der Waals surface area contributed by atoms with E-state index in [-0.39, 0.29) is 6.04 Å². The van der Waals surface area contributed by atoms with Crippen LogP contribution in [-0.2, 0) is 0 Å². The molecule has 3 nitrogen and oxygen atoms in total. The van der Waals surface area contributed by atoms with Crippen molar-refractivity contribution in [2.75, 3.05) is 19.7 Å². The molecule has 3 heteroatoms. The predicted molar refractivity (Wildman–Crippen MR) is 86.9 cm³/mol. The number of aliphatic hydroxyl groups is 1. The summed E-state index contributed by atoms with van der Waals surface area (Å²) >= 11 is 0. The Morgan fingerprint density at radius 1 is 1.24 bits per heavy atom. The van der Waals surface area contributed by atoms with Gasteiger partial charge in [-0.2, -0.15) is 0 Å². The van der Waals surface area contributed by atoms with E-state index in [1.165, 1.54) is 5.56 Å². The van der Waals surface area contributed by atoms with Crippen LogP contribution in [0.5, 0.6) is 5.75 Å². The summed E-state index contributed by atoms with van der Waals surface area (Å²) < 4.78 is 5.91. The van der Waals surface area contributed by atoms with Crippen molar-refractivity contribution in [3.05, 3.63) is 29.3 Å². The van der Waals surface area contributed by atoms with Crippen LogP contribution in [0.2, 0.25) is 0 Å². The summed E-state index contributed by atoms with van der Waals surface area (Å²) in [5, 5.41) is 10.8. The molecule has 0 spiro atoms. The third-order valence-corrected chi connectivity index (χ3v) is 4.28. The minimum atomic E-state index is -0.453. The van der Waals surface area contributed by atoms with Crippen molar-refractivity contribution in [2.45, 2.75) is 58.6 Å². The zero-order chi connectivity index (χ0) is 15.4. The molecule has 2 rings (SSSR count). The summed E-state index contributed by atoms with van der Waals surface area (Å²) in [4.78, 5) is 2.37. The maximum absolute atomic E-state index is 10.8. The number of benzene rings is 1. The highest BCUT2D eigenvalue weighted by molar-refractivity contribution is 5.42.